The highest BCUT2D eigenvalue weighted by Gasteiger charge is 2.24. The van der Waals surface area contributed by atoms with Gasteiger partial charge in [0.1, 0.15) is 13.2 Å². The van der Waals surface area contributed by atoms with Crippen molar-refractivity contribution in [2.24, 2.45) is 0 Å². The summed E-state index contributed by atoms with van der Waals surface area (Å²) in [7, 11) is 1.33. The Morgan fingerprint density at radius 3 is 2.27 bits per heavy atom. The number of amides is 1. The molecule has 0 saturated carbocycles. The van der Waals surface area contributed by atoms with Gasteiger partial charge in [0.25, 0.3) is 5.91 Å². The molecule has 1 aliphatic heterocycles. The molecule has 0 fully saturated rings. The van der Waals surface area contributed by atoms with E-state index in [4.69, 9.17) is 19.2 Å². The molecule has 3 aromatic rings. The standard InChI is InChI=1S/C24H27N3O5S/c1-4-26(5-2)10-11-27(22(28)16-6-8-17(9-7-16)23(29)30-3)24-25-18-14-19-20(15-21(18)33-24)32-13-12-31-19/h6-9,14-15H,4-5,10-13H2,1-3H3. The molecule has 2 aromatic carbocycles. The number of aromatic nitrogens is 1. The lowest BCUT2D eigenvalue weighted by molar-refractivity contribution is 0.0600. The van der Waals surface area contributed by atoms with Crippen molar-refractivity contribution in [3.05, 3.63) is 47.5 Å². The topological polar surface area (TPSA) is 81.2 Å². The number of rotatable bonds is 8. The first kappa shape index (κ1) is 23.0. The number of hydrogen-bond donors (Lipinski definition) is 0. The summed E-state index contributed by atoms with van der Waals surface area (Å²) in [5.74, 6) is 0.759. The van der Waals surface area contributed by atoms with Crippen LogP contribution in [0.5, 0.6) is 11.5 Å². The first-order valence-corrected chi connectivity index (χ1v) is 11.8. The maximum Gasteiger partial charge on any atom is 0.337 e. The number of fused-ring (bicyclic) bond motifs is 2. The molecular weight excluding hydrogens is 442 g/mol. The summed E-state index contributed by atoms with van der Waals surface area (Å²) in [6, 6.07) is 10.3. The van der Waals surface area contributed by atoms with Crippen LogP contribution in [0.4, 0.5) is 5.13 Å². The molecule has 0 radical (unpaired) electrons. The molecule has 8 nitrogen and oxygen atoms in total. The van der Waals surface area contributed by atoms with Crippen molar-refractivity contribution in [1.29, 1.82) is 0 Å². The molecule has 2 heterocycles. The van der Waals surface area contributed by atoms with Gasteiger partial charge in [-0.25, -0.2) is 9.78 Å². The third-order valence-corrected chi connectivity index (χ3v) is 6.65. The highest BCUT2D eigenvalue weighted by Crippen LogP contribution is 2.39. The van der Waals surface area contributed by atoms with Gasteiger partial charge >= 0.3 is 5.97 Å². The summed E-state index contributed by atoms with van der Waals surface area (Å²) < 4.78 is 17.1. The van der Waals surface area contributed by atoms with Crippen molar-refractivity contribution < 1.29 is 23.8 Å². The van der Waals surface area contributed by atoms with Gasteiger partial charge < -0.3 is 19.1 Å². The lowest BCUT2D eigenvalue weighted by atomic mass is 10.1. The SMILES string of the molecule is CCN(CC)CCN(C(=O)c1ccc(C(=O)OC)cc1)c1nc2cc3c(cc2s1)OCCO3. The molecule has 1 aromatic heterocycles. The fourth-order valence-corrected chi connectivity index (χ4v) is 4.66. The number of anilines is 1. The van der Waals surface area contributed by atoms with Gasteiger partial charge in [0.15, 0.2) is 16.6 Å². The van der Waals surface area contributed by atoms with Crippen LogP contribution in [-0.4, -0.2) is 68.3 Å². The van der Waals surface area contributed by atoms with E-state index in [9.17, 15) is 9.59 Å². The van der Waals surface area contributed by atoms with Gasteiger partial charge in [-0.3, -0.25) is 9.69 Å². The zero-order valence-electron chi connectivity index (χ0n) is 19.0. The van der Waals surface area contributed by atoms with Crippen LogP contribution in [0.2, 0.25) is 0 Å². The van der Waals surface area contributed by atoms with Crippen LogP contribution in [0.15, 0.2) is 36.4 Å². The number of carbonyl (C=O) groups is 2. The zero-order valence-corrected chi connectivity index (χ0v) is 19.8. The summed E-state index contributed by atoms with van der Waals surface area (Å²) in [5, 5.41) is 0.613. The molecule has 33 heavy (non-hydrogen) atoms. The highest BCUT2D eigenvalue weighted by atomic mass is 32.1. The van der Waals surface area contributed by atoms with Crippen molar-refractivity contribution in [3.8, 4) is 11.5 Å². The maximum absolute atomic E-state index is 13.5. The van der Waals surface area contributed by atoms with Crippen LogP contribution in [0.3, 0.4) is 0 Å². The van der Waals surface area contributed by atoms with E-state index in [0.717, 1.165) is 29.9 Å². The molecule has 0 bridgehead atoms. The van der Waals surface area contributed by atoms with Crippen LogP contribution in [0.1, 0.15) is 34.6 Å². The average molecular weight is 470 g/mol. The van der Waals surface area contributed by atoms with Crippen LogP contribution >= 0.6 is 11.3 Å². The largest absolute Gasteiger partial charge is 0.486 e. The number of nitrogens with zero attached hydrogens (tertiary/aromatic N) is 3. The Morgan fingerprint density at radius 1 is 1.00 bits per heavy atom. The van der Waals surface area contributed by atoms with Crippen molar-refractivity contribution in [2.45, 2.75) is 13.8 Å². The first-order chi connectivity index (χ1) is 16.0. The number of thiazole rings is 1. The minimum absolute atomic E-state index is 0.171. The monoisotopic (exact) mass is 469 g/mol. The maximum atomic E-state index is 13.5. The van der Waals surface area contributed by atoms with Gasteiger partial charge in [-0.05, 0) is 37.4 Å². The number of esters is 1. The Kier molecular flexibility index (Phi) is 7.10. The summed E-state index contributed by atoms with van der Waals surface area (Å²) in [6.45, 7) is 8.23. The van der Waals surface area contributed by atoms with Crippen LogP contribution in [0, 0.1) is 0 Å². The molecule has 0 spiro atoms. The van der Waals surface area contributed by atoms with E-state index in [1.807, 2.05) is 12.1 Å². The number of ether oxygens (including phenoxy) is 3. The van der Waals surface area contributed by atoms with Gasteiger partial charge in [0.05, 0.1) is 22.9 Å². The van der Waals surface area contributed by atoms with Crippen molar-refractivity contribution in [3.63, 3.8) is 0 Å². The molecule has 174 valence electrons. The van der Waals surface area contributed by atoms with E-state index in [1.165, 1.54) is 18.4 Å². The Labute approximate surface area is 196 Å². The molecule has 9 heteroatoms. The van der Waals surface area contributed by atoms with Gasteiger partial charge in [0.2, 0.25) is 0 Å². The van der Waals surface area contributed by atoms with Gasteiger partial charge in [-0.1, -0.05) is 25.2 Å². The van der Waals surface area contributed by atoms with Gasteiger partial charge in [-0.2, -0.15) is 0 Å². The highest BCUT2D eigenvalue weighted by molar-refractivity contribution is 7.22. The molecule has 0 atom stereocenters. The number of benzene rings is 2. The molecular formula is C24H27N3O5S. The third-order valence-electron chi connectivity index (χ3n) is 5.60. The average Bonchev–Trinajstić information content (AvgIpc) is 3.26. The number of hydrogen-bond acceptors (Lipinski definition) is 8. The molecule has 0 N–H and O–H groups in total. The number of methoxy groups -OCH3 is 1. The van der Waals surface area contributed by atoms with Crippen molar-refractivity contribution in [2.75, 3.05) is 51.4 Å². The second-order valence-corrected chi connectivity index (χ2v) is 8.52. The minimum Gasteiger partial charge on any atom is -0.486 e. The third kappa shape index (κ3) is 4.94. The molecule has 1 amide bonds. The molecule has 0 unspecified atom stereocenters. The predicted octanol–water partition coefficient (Wildman–Crippen LogP) is 3.84. The first-order valence-electron chi connectivity index (χ1n) is 11.0. The van der Waals surface area contributed by atoms with Crippen LogP contribution < -0.4 is 14.4 Å². The smallest absolute Gasteiger partial charge is 0.337 e. The number of likely N-dealkylation sites (N-methyl/N-ethyl adjacent to an activating group) is 1. The Bertz CT molecular complexity index is 1100. The summed E-state index contributed by atoms with van der Waals surface area (Å²) in [6.07, 6.45) is 0. The molecule has 0 saturated heterocycles. The van der Waals surface area contributed by atoms with E-state index < -0.39 is 5.97 Å². The van der Waals surface area contributed by atoms with Crippen molar-refractivity contribution >= 4 is 38.6 Å². The van der Waals surface area contributed by atoms with E-state index in [0.29, 0.717) is 47.5 Å². The summed E-state index contributed by atoms with van der Waals surface area (Å²) >= 11 is 1.45. The summed E-state index contributed by atoms with van der Waals surface area (Å²) in [5.41, 5.74) is 1.64. The fraction of sp³-hybridized carbons (Fsp3) is 0.375. The van der Waals surface area contributed by atoms with Crippen molar-refractivity contribution in [1.82, 2.24) is 9.88 Å². The van der Waals surface area contributed by atoms with E-state index in [1.54, 1.807) is 29.2 Å². The predicted molar refractivity (Wildman–Crippen MR) is 128 cm³/mol. The molecule has 0 aliphatic carbocycles. The number of carbonyl (C=O) groups excluding carboxylic acids is 2. The van der Waals surface area contributed by atoms with E-state index in [2.05, 4.69) is 18.7 Å². The zero-order chi connectivity index (χ0) is 23.4. The van der Waals surface area contributed by atoms with Gasteiger partial charge in [0, 0.05) is 30.8 Å². The van der Waals surface area contributed by atoms with Crippen LogP contribution in [0.25, 0.3) is 10.2 Å². The van der Waals surface area contributed by atoms with Crippen LogP contribution in [-0.2, 0) is 4.74 Å². The van der Waals surface area contributed by atoms with E-state index in [-0.39, 0.29) is 5.91 Å². The fourth-order valence-electron chi connectivity index (χ4n) is 3.66. The van der Waals surface area contributed by atoms with E-state index >= 15 is 0 Å². The molecule has 4 rings (SSSR count). The Morgan fingerprint density at radius 2 is 1.64 bits per heavy atom. The quantitative estimate of drug-likeness (QED) is 0.464. The second kappa shape index (κ2) is 10.2. The minimum atomic E-state index is -0.438. The van der Waals surface area contributed by atoms with Gasteiger partial charge in [-0.15, -0.1) is 0 Å². The lowest BCUT2D eigenvalue weighted by Gasteiger charge is -2.24. The Balaban J connectivity index is 1.66. The lowest BCUT2D eigenvalue weighted by Crippen LogP contribution is -2.38. The normalized spacial score (nSPS) is 12.7. The molecule has 1 aliphatic rings. The Hall–Kier alpha value is -3.17. The second-order valence-electron chi connectivity index (χ2n) is 7.51. The summed E-state index contributed by atoms with van der Waals surface area (Å²) in [4.78, 5) is 34.0.